The standard InChI is InChI=1S/C40H28N2/c1-5-13-33(14-6-1)41(34-15-7-2-8-16-34)37-25-29-21-23-31-27-38(28-32-24-22-30(26-37)39(29)40(31)32)42(35-17-9-3-10-18-35)36-19-11-4-12-20-36/h1-28H/i21D,22D,23D,24D,25D,26D,27D,28D. The number of para-hydroxylation sites is 4. The number of hydrogen-bond donors (Lipinski definition) is 0. The molecule has 0 atom stereocenters. The molecular formula is C40H28N2. The first kappa shape index (κ1) is 17.3. The van der Waals surface area contributed by atoms with E-state index in [9.17, 15) is 11.0 Å². The summed E-state index contributed by atoms with van der Waals surface area (Å²) in [7, 11) is 0. The van der Waals surface area contributed by atoms with Crippen molar-refractivity contribution in [3.05, 3.63) is 170 Å². The van der Waals surface area contributed by atoms with Crippen LogP contribution in [0.2, 0.25) is 0 Å². The molecule has 0 aliphatic carbocycles. The van der Waals surface area contributed by atoms with E-state index in [2.05, 4.69) is 0 Å². The Hall–Kier alpha value is -5.60. The molecule has 0 saturated heterocycles. The van der Waals surface area contributed by atoms with E-state index in [-0.39, 0.29) is 92.0 Å². The van der Waals surface area contributed by atoms with Crippen molar-refractivity contribution in [3.63, 3.8) is 0 Å². The van der Waals surface area contributed by atoms with E-state index in [1.54, 1.807) is 9.80 Å². The monoisotopic (exact) mass is 544 g/mol. The summed E-state index contributed by atoms with van der Waals surface area (Å²) in [6.45, 7) is 0. The first-order valence-electron chi connectivity index (χ1n) is 17.7. The first-order chi connectivity index (χ1) is 24.2. The lowest BCUT2D eigenvalue weighted by atomic mass is 9.93. The van der Waals surface area contributed by atoms with Crippen molar-refractivity contribution in [2.24, 2.45) is 0 Å². The van der Waals surface area contributed by atoms with Gasteiger partial charge < -0.3 is 9.80 Å². The van der Waals surface area contributed by atoms with Crippen LogP contribution in [0.4, 0.5) is 34.1 Å². The fraction of sp³-hybridized carbons (Fsp3) is 0. The Morgan fingerprint density at radius 3 is 0.786 bits per heavy atom. The third kappa shape index (κ3) is 4.13. The topological polar surface area (TPSA) is 6.48 Å². The minimum atomic E-state index is -0.323. The second-order valence-corrected chi connectivity index (χ2v) is 9.96. The third-order valence-electron chi connectivity index (χ3n) is 7.35. The Kier molecular flexibility index (Phi) is 4.15. The molecule has 2 nitrogen and oxygen atoms in total. The third-order valence-corrected chi connectivity index (χ3v) is 7.35. The normalized spacial score (nSPS) is 14.0. The van der Waals surface area contributed by atoms with Crippen molar-refractivity contribution in [3.8, 4) is 0 Å². The van der Waals surface area contributed by atoms with Gasteiger partial charge in [0.25, 0.3) is 0 Å². The van der Waals surface area contributed by atoms with Crippen molar-refractivity contribution < 1.29 is 11.0 Å². The van der Waals surface area contributed by atoms with Crippen LogP contribution in [-0.2, 0) is 0 Å². The average Bonchev–Trinajstić information content (AvgIpc) is 3.14. The van der Waals surface area contributed by atoms with E-state index >= 15 is 0 Å². The van der Waals surface area contributed by atoms with Gasteiger partial charge in [-0.3, -0.25) is 0 Å². The van der Waals surface area contributed by atoms with Crippen LogP contribution in [0, 0.1) is 0 Å². The lowest BCUT2D eigenvalue weighted by molar-refractivity contribution is 1.29. The van der Waals surface area contributed by atoms with E-state index in [0.717, 1.165) is 0 Å². The van der Waals surface area contributed by atoms with Crippen LogP contribution < -0.4 is 9.80 Å². The minimum absolute atomic E-state index is 0.0355. The van der Waals surface area contributed by atoms with E-state index in [1.807, 2.05) is 121 Å². The van der Waals surface area contributed by atoms with Gasteiger partial charge in [0, 0.05) is 34.1 Å². The Morgan fingerprint density at radius 1 is 0.310 bits per heavy atom. The summed E-state index contributed by atoms with van der Waals surface area (Å²) < 4.78 is 75.7. The van der Waals surface area contributed by atoms with Gasteiger partial charge in [-0.2, -0.15) is 0 Å². The number of nitrogens with zero attached hydrogens (tertiary/aromatic N) is 2. The molecule has 0 heterocycles. The molecule has 0 amide bonds. The molecule has 0 saturated carbocycles. The highest BCUT2D eigenvalue weighted by molar-refractivity contribution is 6.24. The van der Waals surface area contributed by atoms with Crippen LogP contribution in [0.5, 0.6) is 0 Å². The van der Waals surface area contributed by atoms with Gasteiger partial charge in [0.05, 0.1) is 11.0 Å². The summed E-state index contributed by atoms with van der Waals surface area (Å²) in [5, 5.41) is 0.497. The molecule has 0 aliphatic heterocycles. The Bertz CT molecular complexity index is 2220. The zero-order chi connectivity index (χ0) is 34.8. The van der Waals surface area contributed by atoms with Crippen molar-refractivity contribution in [1.82, 2.24) is 0 Å². The summed E-state index contributed by atoms with van der Waals surface area (Å²) in [4.78, 5) is 3.46. The molecule has 0 fully saturated rings. The lowest BCUT2D eigenvalue weighted by Crippen LogP contribution is -2.10. The molecular weight excluding hydrogens is 508 g/mol. The average molecular weight is 545 g/mol. The largest absolute Gasteiger partial charge is 0.310 e. The summed E-state index contributed by atoms with van der Waals surface area (Å²) in [5.41, 5.74) is 2.81. The molecule has 8 rings (SSSR count). The van der Waals surface area contributed by atoms with Gasteiger partial charge in [-0.05, 0) is 105 Å². The second kappa shape index (κ2) is 10.1. The Labute approximate surface area is 256 Å². The van der Waals surface area contributed by atoms with Crippen LogP contribution in [0.1, 0.15) is 11.0 Å². The van der Waals surface area contributed by atoms with Crippen LogP contribution in [0.25, 0.3) is 32.3 Å². The van der Waals surface area contributed by atoms with Gasteiger partial charge in [0.2, 0.25) is 0 Å². The molecule has 0 radical (unpaired) electrons. The van der Waals surface area contributed by atoms with E-state index in [4.69, 9.17) is 0 Å². The van der Waals surface area contributed by atoms with Crippen molar-refractivity contribution in [2.75, 3.05) is 9.80 Å². The molecule has 2 heteroatoms. The zero-order valence-electron chi connectivity index (χ0n) is 30.4. The SMILES string of the molecule is [2H]c1c(N(c2ccccc2)c2ccccc2)c([2H])c2c([2H])c([2H])c3c([2H])c(N(c4ccccc4)c4ccccc4)c([2H])c4c([2H])c([2H])c1c2c43. The molecule has 8 aromatic rings. The Morgan fingerprint density at radius 2 is 0.548 bits per heavy atom. The molecule has 0 spiro atoms. The quantitative estimate of drug-likeness (QED) is 0.192. The highest BCUT2D eigenvalue weighted by atomic mass is 15.1. The van der Waals surface area contributed by atoms with Crippen LogP contribution >= 0.6 is 0 Å². The molecule has 42 heavy (non-hydrogen) atoms. The molecule has 8 aromatic carbocycles. The zero-order valence-corrected chi connectivity index (χ0v) is 22.4. The molecule has 0 N–H and O–H groups in total. The highest BCUT2D eigenvalue weighted by Gasteiger charge is 2.18. The smallest absolute Gasteiger partial charge is 0.0651 e. The van der Waals surface area contributed by atoms with Crippen molar-refractivity contribution in [2.45, 2.75) is 0 Å². The number of anilines is 6. The second-order valence-electron chi connectivity index (χ2n) is 9.96. The van der Waals surface area contributed by atoms with E-state index in [0.29, 0.717) is 22.7 Å². The molecule has 0 bridgehead atoms. The van der Waals surface area contributed by atoms with Crippen molar-refractivity contribution in [1.29, 1.82) is 0 Å². The van der Waals surface area contributed by atoms with Crippen LogP contribution in [0.3, 0.4) is 0 Å². The lowest BCUT2D eigenvalue weighted by Gasteiger charge is -2.27. The van der Waals surface area contributed by atoms with Gasteiger partial charge in [0.1, 0.15) is 0 Å². The maximum absolute atomic E-state index is 9.58. The molecule has 0 aromatic heterocycles. The summed E-state index contributed by atoms with van der Waals surface area (Å²) in [5.74, 6) is 0. The van der Waals surface area contributed by atoms with E-state index in [1.165, 1.54) is 0 Å². The van der Waals surface area contributed by atoms with E-state index < -0.39 is 0 Å². The molecule has 198 valence electrons. The number of benzene rings is 8. The maximum Gasteiger partial charge on any atom is 0.0651 e. The number of hydrogen-bond acceptors (Lipinski definition) is 2. The van der Waals surface area contributed by atoms with Gasteiger partial charge >= 0.3 is 0 Å². The summed E-state index contributed by atoms with van der Waals surface area (Å²) >= 11 is 0. The van der Waals surface area contributed by atoms with Gasteiger partial charge in [-0.1, -0.05) is 97.0 Å². The van der Waals surface area contributed by atoms with Crippen molar-refractivity contribution >= 4 is 66.4 Å². The highest BCUT2D eigenvalue weighted by Crippen LogP contribution is 2.44. The van der Waals surface area contributed by atoms with Crippen LogP contribution in [0.15, 0.2) is 170 Å². The van der Waals surface area contributed by atoms with Gasteiger partial charge in [0.15, 0.2) is 0 Å². The maximum atomic E-state index is 9.58. The predicted octanol–water partition coefficient (Wildman–Crippen LogP) is 11.5. The minimum Gasteiger partial charge on any atom is -0.310 e. The number of rotatable bonds is 6. The molecule has 0 aliphatic rings. The summed E-state index contributed by atoms with van der Waals surface area (Å²) in [6, 6.07) is 34.9. The predicted molar refractivity (Wildman–Crippen MR) is 180 cm³/mol. The van der Waals surface area contributed by atoms with Crippen LogP contribution in [-0.4, -0.2) is 0 Å². The fourth-order valence-electron chi connectivity index (χ4n) is 5.51. The molecule has 0 unspecified atom stereocenters. The Balaban J connectivity index is 1.55. The van der Waals surface area contributed by atoms with Gasteiger partial charge in [-0.25, -0.2) is 0 Å². The summed E-state index contributed by atoms with van der Waals surface area (Å²) in [6.07, 6.45) is 0. The first-order valence-corrected chi connectivity index (χ1v) is 13.7. The fourth-order valence-corrected chi connectivity index (χ4v) is 5.51. The van der Waals surface area contributed by atoms with Gasteiger partial charge in [-0.15, -0.1) is 0 Å².